The number of nitrogens with zero attached hydrogens (tertiary/aromatic N) is 2. The van der Waals surface area contributed by atoms with Crippen molar-refractivity contribution in [1.29, 1.82) is 0 Å². The molecule has 1 heterocycles. The second kappa shape index (κ2) is 8.09. The summed E-state index contributed by atoms with van der Waals surface area (Å²) in [4.78, 5) is 12.5. The summed E-state index contributed by atoms with van der Waals surface area (Å²) >= 11 is 3.58. The minimum absolute atomic E-state index is 0.0909. The summed E-state index contributed by atoms with van der Waals surface area (Å²) in [6.07, 6.45) is 0. The number of hydrogen-bond acceptors (Lipinski definition) is 3. The molecule has 1 amide bonds. The molecule has 29 heavy (non-hydrogen) atoms. The summed E-state index contributed by atoms with van der Waals surface area (Å²) < 4.78 is 8.43. The Morgan fingerprint density at radius 2 is 1.76 bits per heavy atom. The highest BCUT2D eigenvalue weighted by atomic mass is 79.9. The zero-order valence-corrected chi connectivity index (χ0v) is 17.7. The number of amides is 1. The summed E-state index contributed by atoms with van der Waals surface area (Å²) in [6.45, 7) is 3.72. The van der Waals surface area contributed by atoms with Crippen LogP contribution in [0.25, 0.3) is 16.5 Å². The number of carbonyl (C=O) groups excluding carboxylic acids is 1. The van der Waals surface area contributed by atoms with E-state index in [1.54, 1.807) is 0 Å². The number of nitrogens with one attached hydrogen (secondary N) is 1. The zero-order valence-electron chi connectivity index (χ0n) is 16.1. The van der Waals surface area contributed by atoms with Gasteiger partial charge in [0.25, 0.3) is 5.91 Å². The van der Waals surface area contributed by atoms with Gasteiger partial charge in [0, 0.05) is 0 Å². The van der Waals surface area contributed by atoms with Crippen LogP contribution in [0.2, 0.25) is 0 Å². The maximum Gasteiger partial charge on any atom is 0.262 e. The average molecular weight is 450 g/mol. The Morgan fingerprint density at radius 1 is 1.03 bits per heavy atom. The van der Waals surface area contributed by atoms with Gasteiger partial charge in [0.2, 0.25) is 0 Å². The maximum absolute atomic E-state index is 12.5. The van der Waals surface area contributed by atoms with Gasteiger partial charge in [0.1, 0.15) is 5.75 Å². The highest BCUT2D eigenvalue weighted by molar-refractivity contribution is 9.10. The van der Waals surface area contributed by atoms with Crippen molar-refractivity contribution < 1.29 is 9.53 Å². The summed E-state index contributed by atoms with van der Waals surface area (Å²) in [7, 11) is 0. The third-order valence-electron chi connectivity index (χ3n) is 4.74. The van der Waals surface area contributed by atoms with E-state index < -0.39 is 0 Å². The number of anilines is 1. The fourth-order valence-corrected chi connectivity index (χ4v) is 3.90. The van der Waals surface area contributed by atoms with Gasteiger partial charge in [0.05, 0.1) is 27.2 Å². The normalized spacial score (nSPS) is 10.9. The fourth-order valence-electron chi connectivity index (χ4n) is 3.29. The van der Waals surface area contributed by atoms with Crippen molar-refractivity contribution in [2.24, 2.45) is 0 Å². The van der Waals surface area contributed by atoms with Gasteiger partial charge in [-0.1, -0.05) is 48.5 Å². The van der Waals surface area contributed by atoms with Gasteiger partial charge in [-0.3, -0.25) is 4.79 Å². The second-order valence-electron chi connectivity index (χ2n) is 6.73. The van der Waals surface area contributed by atoms with Crippen molar-refractivity contribution in [3.05, 3.63) is 82.6 Å². The van der Waals surface area contributed by atoms with Crippen molar-refractivity contribution in [3.63, 3.8) is 0 Å². The molecule has 0 spiro atoms. The molecule has 0 aliphatic carbocycles. The van der Waals surface area contributed by atoms with E-state index in [1.807, 2.05) is 85.3 Å². The lowest BCUT2D eigenvalue weighted by atomic mass is 10.1. The Bertz CT molecular complexity index is 1190. The van der Waals surface area contributed by atoms with Gasteiger partial charge >= 0.3 is 0 Å². The van der Waals surface area contributed by atoms with E-state index in [2.05, 4.69) is 26.3 Å². The third kappa shape index (κ3) is 3.89. The first-order valence-electron chi connectivity index (χ1n) is 9.26. The van der Waals surface area contributed by atoms with Crippen LogP contribution in [0, 0.1) is 13.8 Å². The molecule has 1 N–H and O–H groups in total. The van der Waals surface area contributed by atoms with Crippen LogP contribution in [0.4, 0.5) is 5.69 Å². The molecule has 6 heteroatoms. The van der Waals surface area contributed by atoms with Crippen LogP contribution in [0.3, 0.4) is 0 Å². The third-order valence-corrected chi connectivity index (χ3v) is 5.56. The highest BCUT2D eigenvalue weighted by Crippen LogP contribution is 2.33. The van der Waals surface area contributed by atoms with Crippen LogP contribution in [-0.2, 0) is 4.79 Å². The lowest BCUT2D eigenvalue weighted by Crippen LogP contribution is -2.21. The Balaban J connectivity index is 1.48. The minimum atomic E-state index is -0.233. The van der Waals surface area contributed by atoms with Gasteiger partial charge in [-0.15, -0.1) is 0 Å². The topological polar surface area (TPSA) is 56.2 Å². The number of halogens is 1. The highest BCUT2D eigenvalue weighted by Gasteiger charge is 2.16. The average Bonchev–Trinajstić information content (AvgIpc) is 3.02. The number of benzene rings is 3. The van der Waals surface area contributed by atoms with Crippen LogP contribution in [0.15, 0.2) is 71.2 Å². The quantitative estimate of drug-likeness (QED) is 0.442. The van der Waals surface area contributed by atoms with E-state index >= 15 is 0 Å². The summed E-state index contributed by atoms with van der Waals surface area (Å²) in [5, 5.41) is 9.64. The molecule has 0 aliphatic rings. The zero-order chi connectivity index (χ0) is 20.4. The first kappa shape index (κ1) is 19.2. The van der Waals surface area contributed by atoms with Crippen molar-refractivity contribution >= 4 is 38.3 Å². The number of para-hydroxylation sites is 1. The van der Waals surface area contributed by atoms with Crippen molar-refractivity contribution in [3.8, 4) is 11.4 Å². The van der Waals surface area contributed by atoms with E-state index in [0.717, 1.165) is 32.3 Å². The van der Waals surface area contributed by atoms with Crippen molar-refractivity contribution in [2.45, 2.75) is 13.8 Å². The molecule has 0 radical (unpaired) electrons. The molecule has 0 fully saturated rings. The molecule has 4 rings (SSSR count). The van der Waals surface area contributed by atoms with Crippen molar-refractivity contribution in [1.82, 2.24) is 9.78 Å². The van der Waals surface area contributed by atoms with Gasteiger partial charge in [-0.2, -0.15) is 5.10 Å². The van der Waals surface area contributed by atoms with E-state index in [-0.39, 0.29) is 12.5 Å². The van der Waals surface area contributed by atoms with E-state index in [9.17, 15) is 4.79 Å². The Morgan fingerprint density at radius 3 is 2.55 bits per heavy atom. The molecule has 0 aliphatic heterocycles. The molecular formula is C23H20BrN3O2. The predicted molar refractivity (Wildman–Crippen MR) is 119 cm³/mol. The molecule has 0 saturated carbocycles. The smallest absolute Gasteiger partial charge is 0.262 e. The predicted octanol–water partition coefficient (Wildman–Crippen LogP) is 5.42. The summed E-state index contributed by atoms with van der Waals surface area (Å²) in [5.74, 6) is 0.399. The molecule has 0 unspecified atom stereocenters. The number of rotatable bonds is 5. The Hall–Kier alpha value is -3.12. The molecule has 0 saturated heterocycles. The maximum atomic E-state index is 12.5. The van der Waals surface area contributed by atoms with Gasteiger partial charge in [-0.05, 0) is 58.7 Å². The lowest BCUT2D eigenvalue weighted by molar-refractivity contribution is -0.118. The van der Waals surface area contributed by atoms with Gasteiger partial charge in [0.15, 0.2) is 6.61 Å². The second-order valence-corrected chi connectivity index (χ2v) is 7.52. The SMILES string of the molecule is Cc1nn(-c2ccccc2)c(C)c1NC(=O)COc1ccc2ccccc2c1Br. The first-order valence-corrected chi connectivity index (χ1v) is 10.1. The molecule has 3 aromatic carbocycles. The van der Waals surface area contributed by atoms with E-state index in [0.29, 0.717) is 11.4 Å². The molecular weight excluding hydrogens is 430 g/mol. The molecule has 5 nitrogen and oxygen atoms in total. The van der Waals surface area contributed by atoms with E-state index in [1.165, 1.54) is 0 Å². The van der Waals surface area contributed by atoms with E-state index in [4.69, 9.17) is 4.74 Å². The number of aryl methyl sites for hydroxylation is 1. The Kier molecular flexibility index (Phi) is 5.36. The molecule has 0 bridgehead atoms. The number of fused-ring (bicyclic) bond motifs is 1. The standard InChI is InChI=1S/C23H20BrN3O2/c1-15-23(16(2)27(26-15)18-9-4-3-5-10-18)25-21(28)14-29-20-13-12-17-8-6-7-11-19(17)22(20)24/h3-13H,14H2,1-2H3,(H,25,28). The number of hydrogen-bond donors (Lipinski definition) is 1. The van der Waals surface area contributed by atoms with Crippen LogP contribution >= 0.6 is 15.9 Å². The van der Waals surface area contributed by atoms with Crippen LogP contribution in [0.5, 0.6) is 5.75 Å². The number of aromatic nitrogens is 2. The lowest BCUT2D eigenvalue weighted by Gasteiger charge is -2.11. The summed E-state index contributed by atoms with van der Waals surface area (Å²) in [5.41, 5.74) is 3.28. The molecule has 4 aromatic rings. The first-order chi connectivity index (χ1) is 14.0. The van der Waals surface area contributed by atoms with Crippen LogP contribution in [0.1, 0.15) is 11.4 Å². The van der Waals surface area contributed by atoms with Crippen molar-refractivity contribution in [2.75, 3.05) is 11.9 Å². The molecule has 146 valence electrons. The van der Waals surface area contributed by atoms with Gasteiger partial charge in [-0.25, -0.2) is 4.68 Å². The van der Waals surface area contributed by atoms with Gasteiger partial charge < -0.3 is 10.1 Å². The largest absolute Gasteiger partial charge is 0.483 e. The number of carbonyl (C=O) groups is 1. The summed E-state index contributed by atoms with van der Waals surface area (Å²) in [6, 6.07) is 21.7. The molecule has 1 aromatic heterocycles. The Labute approximate surface area is 177 Å². The number of ether oxygens (including phenoxy) is 1. The monoisotopic (exact) mass is 449 g/mol. The van der Waals surface area contributed by atoms with Crippen LogP contribution < -0.4 is 10.1 Å². The fraction of sp³-hybridized carbons (Fsp3) is 0.130. The van der Waals surface area contributed by atoms with Crippen LogP contribution in [-0.4, -0.2) is 22.3 Å². The minimum Gasteiger partial charge on any atom is -0.483 e. The molecule has 0 atom stereocenters.